The van der Waals surface area contributed by atoms with Gasteiger partial charge in [0.25, 0.3) is 17.4 Å². The van der Waals surface area contributed by atoms with Crippen molar-refractivity contribution in [3.05, 3.63) is 164 Å². The molecule has 0 saturated heterocycles. The van der Waals surface area contributed by atoms with Gasteiger partial charge >= 0.3 is 23.5 Å². The lowest BCUT2D eigenvalue weighted by molar-refractivity contribution is -0.152. The molecule has 0 aromatic rings. The topological polar surface area (TPSA) is 173 Å². The zero-order chi connectivity index (χ0) is 60.4. The first-order valence-electron chi connectivity index (χ1n) is 27.0. The molecule has 0 heterocycles. The first-order chi connectivity index (χ1) is 37.3. The molecule has 3 atom stereocenters. The van der Waals surface area contributed by atoms with E-state index >= 15 is 0 Å². The maximum Gasteiger partial charge on any atom is 0.509 e. The van der Waals surface area contributed by atoms with Crippen LogP contribution in [0.3, 0.4) is 0 Å². The van der Waals surface area contributed by atoms with Crippen LogP contribution in [0.1, 0.15) is 191 Å². The summed E-state index contributed by atoms with van der Waals surface area (Å²) in [4.78, 5) is 52.9. The molecule has 5 aliphatic carbocycles. The van der Waals surface area contributed by atoms with Gasteiger partial charge in [0.2, 0.25) is 0 Å². The van der Waals surface area contributed by atoms with Crippen LogP contribution < -0.4 is 0 Å². The second kappa shape index (κ2) is 35.5. The van der Waals surface area contributed by atoms with Crippen LogP contribution in [0.25, 0.3) is 29.1 Å². The minimum absolute atomic E-state index is 0.0350. The second-order valence-electron chi connectivity index (χ2n) is 21.6. The lowest BCUT2D eigenvalue weighted by Gasteiger charge is -2.37. The number of hydrogen-bond acceptors (Lipinski definition) is 8. The van der Waals surface area contributed by atoms with E-state index in [0.717, 1.165) is 107 Å². The van der Waals surface area contributed by atoms with Gasteiger partial charge in [-0.3, -0.25) is 9.59 Å². The van der Waals surface area contributed by atoms with Gasteiger partial charge in [0.1, 0.15) is 42.8 Å². The first-order valence-corrected chi connectivity index (χ1v) is 27.0. The van der Waals surface area contributed by atoms with Gasteiger partial charge in [0.15, 0.2) is 0 Å². The molecular weight excluding hydrogens is 993 g/mol. The van der Waals surface area contributed by atoms with E-state index in [9.17, 15) is 9.59 Å². The number of carbonyl (C=O) groups is 3. The zero-order valence-corrected chi connectivity index (χ0v) is 48.6. The Bertz CT molecular complexity index is 2590. The highest BCUT2D eigenvalue weighted by molar-refractivity contribution is 5.81. The molecule has 3 unspecified atom stereocenters. The minimum Gasteiger partial charge on any atom is -0.481 e. The Balaban J connectivity index is 0.000000952. The van der Waals surface area contributed by atoms with Crippen molar-refractivity contribution < 1.29 is 33.7 Å². The number of carbonyl (C=O) groups excluding carboxylic acids is 2. The van der Waals surface area contributed by atoms with Crippen LogP contribution in [0.2, 0.25) is 0 Å². The monoisotopic (exact) mass is 1080 g/mol. The zero-order valence-electron chi connectivity index (χ0n) is 48.6. The fourth-order valence-electron chi connectivity index (χ4n) is 10.4. The van der Waals surface area contributed by atoms with Crippen LogP contribution in [-0.4, -0.2) is 53.3 Å². The van der Waals surface area contributed by atoms with E-state index in [4.69, 9.17) is 69.3 Å². The van der Waals surface area contributed by atoms with Gasteiger partial charge in [-0.2, -0.15) is 0 Å². The Morgan fingerprint density at radius 2 is 1.27 bits per heavy atom. The summed E-state index contributed by atoms with van der Waals surface area (Å²) in [5, 5.41) is 25.4. The predicted molar refractivity (Wildman–Crippen MR) is 310 cm³/mol. The molecule has 5 rings (SSSR count). The summed E-state index contributed by atoms with van der Waals surface area (Å²) in [6.07, 6.45) is 29.6. The maximum absolute atomic E-state index is 12.1. The second-order valence-corrected chi connectivity index (χ2v) is 21.6. The smallest absolute Gasteiger partial charge is 0.481 e. The van der Waals surface area contributed by atoms with Gasteiger partial charge in [-0.05, 0) is 135 Å². The SMILES string of the molecule is C=CCOC(=O)OC(C)(C)C.CC(=O)O.[C-]#[N+]/C(C#N)=C1\CCCCC1(C)C(=O)OCC=C.[C-]#[N+]/C(C#N)=C1\CCCCC1(C)CCC.[C-]#[N+]C(CC=C)([N+]#[C-])C1=C(C)CCCC1.[C-]#[N+]C1([N+]#[C-])CC=CCC2(C)CCCC=C21. The lowest BCUT2D eigenvalue weighted by Crippen LogP contribution is -2.35. The number of esters is 1. The van der Waals surface area contributed by atoms with Crippen LogP contribution in [0.15, 0.2) is 95.5 Å². The highest BCUT2D eigenvalue weighted by Gasteiger charge is 2.56. The molecule has 0 aromatic heterocycles. The number of ether oxygens (including phenoxy) is 3. The van der Waals surface area contributed by atoms with Crippen LogP contribution in [-0.2, 0) is 23.8 Å². The molecule has 0 aromatic carbocycles. The quantitative estimate of drug-likeness (QED) is 0.0967. The van der Waals surface area contributed by atoms with Crippen LogP contribution in [0.5, 0.6) is 0 Å². The molecule has 0 spiro atoms. The number of allylic oxidation sites excluding steroid dienone is 6. The first kappa shape index (κ1) is 71.0. The van der Waals surface area contributed by atoms with Crippen molar-refractivity contribution in [3.63, 3.8) is 0 Å². The molecule has 2 fully saturated rings. The number of carboxylic acid groups (broad SMARTS) is 1. The Kier molecular flexibility index (Phi) is 31.9. The lowest BCUT2D eigenvalue weighted by atomic mass is 9.68. The molecule has 0 radical (unpaired) electrons. The van der Waals surface area contributed by atoms with Crippen LogP contribution in [0, 0.1) is 78.3 Å². The Morgan fingerprint density at radius 1 is 0.747 bits per heavy atom. The molecule has 1 N–H and O–H groups in total. The highest BCUT2D eigenvalue weighted by atomic mass is 16.7. The van der Waals surface area contributed by atoms with E-state index in [1.807, 2.05) is 12.1 Å². The molecule has 422 valence electrons. The average Bonchev–Trinajstić information content (AvgIpc) is 3.60. The molecular formula is C64H84N8O7. The van der Waals surface area contributed by atoms with Gasteiger partial charge in [0, 0.05) is 12.3 Å². The molecule has 15 nitrogen and oxygen atoms in total. The van der Waals surface area contributed by atoms with Gasteiger partial charge < -0.3 is 19.3 Å². The van der Waals surface area contributed by atoms with E-state index in [0.29, 0.717) is 37.0 Å². The van der Waals surface area contributed by atoms with E-state index in [1.54, 1.807) is 33.8 Å². The van der Waals surface area contributed by atoms with Gasteiger partial charge in [-0.1, -0.05) is 108 Å². The summed E-state index contributed by atoms with van der Waals surface area (Å²) >= 11 is 0. The van der Waals surface area contributed by atoms with Crippen molar-refractivity contribution in [2.45, 2.75) is 208 Å². The third-order valence-corrected chi connectivity index (χ3v) is 14.3. The minimum atomic E-state index is -0.980. The van der Waals surface area contributed by atoms with Crippen LogP contribution >= 0.6 is 0 Å². The number of carboxylic acids is 1. The fraction of sp³-hybridized carbons (Fsp3) is 0.578. The summed E-state index contributed by atoms with van der Waals surface area (Å²) in [5.41, 5.74) is 2.42. The Hall–Kier alpha value is -7.95. The third kappa shape index (κ3) is 22.1. The molecule has 79 heavy (non-hydrogen) atoms. The van der Waals surface area contributed by atoms with Gasteiger partial charge in [-0.15, -0.1) is 6.58 Å². The molecule has 0 aliphatic heterocycles. The van der Waals surface area contributed by atoms with Crippen molar-refractivity contribution >= 4 is 18.1 Å². The largest absolute Gasteiger partial charge is 0.509 e. The number of fused-ring (bicyclic) bond motifs is 1. The summed E-state index contributed by atoms with van der Waals surface area (Å²) in [6.45, 7) is 71.1. The van der Waals surface area contributed by atoms with Gasteiger partial charge in [0.05, 0.1) is 30.7 Å². The summed E-state index contributed by atoms with van der Waals surface area (Å²) < 4.78 is 14.5. The molecule has 0 bridgehead atoms. The summed E-state index contributed by atoms with van der Waals surface area (Å²) in [6, 6.07) is 3.95. The van der Waals surface area contributed by atoms with Crippen molar-refractivity contribution in [3.8, 4) is 12.1 Å². The number of nitriles is 2. The average molecular weight is 1080 g/mol. The van der Waals surface area contributed by atoms with E-state index in [2.05, 4.69) is 99.5 Å². The summed E-state index contributed by atoms with van der Waals surface area (Å²) in [5.74, 6) is -1.20. The maximum atomic E-state index is 12.1. The van der Waals surface area contributed by atoms with Crippen molar-refractivity contribution in [2.24, 2.45) is 16.2 Å². The van der Waals surface area contributed by atoms with Crippen molar-refractivity contribution in [1.82, 2.24) is 0 Å². The van der Waals surface area contributed by atoms with E-state index < -0.39 is 34.5 Å². The molecule has 2 saturated carbocycles. The van der Waals surface area contributed by atoms with E-state index in [1.165, 1.54) is 37.0 Å². The molecule has 5 aliphatic rings. The van der Waals surface area contributed by atoms with Gasteiger partial charge in [-0.25, -0.2) is 70.7 Å². The fourth-order valence-corrected chi connectivity index (χ4v) is 10.4. The molecule has 15 heteroatoms. The number of rotatable bonds is 10. The number of aliphatic carboxylic acids is 1. The molecule has 0 amide bonds. The number of hydrogen-bond donors (Lipinski definition) is 1. The number of nitrogens with zero attached hydrogens (tertiary/aromatic N) is 8. The standard InChI is InChI=1S/C14H16N2O2.C14H16N2.C13H16N2.C13H18N2.C8H14O3.C2H4O2/c1-4-9-18-13(17)14(2)8-6-5-7-11(14)12(10-15)16-3;1-13-9-5-4-8-12(13)14(15-2,16-3)11-7-6-10-13;1-5-10-13(14-3,15-4)12-9-7-6-8-11(12)2;1-4-8-13(2)9-6-5-7-11(13)12(10-14)15-3;1-5-6-10-7(9)11-8(2,3)4;1-2(3)4/h4H,1,5-9H2,2H3;6-8H,4-5,9-11H2,1H3;5H,1,6-10H2,2H3;4-9H2,1-2H3;5H,1,6H2,2-4H3;1H3,(H,3,4)/b12-11+;;;12-11+;;. The Labute approximate surface area is 473 Å². The third-order valence-electron chi connectivity index (χ3n) is 14.3. The highest BCUT2D eigenvalue weighted by Crippen LogP contribution is 2.51. The normalized spacial score (nSPS) is 22.7. The van der Waals surface area contributed by atoms with Crippen LogP contribution in [0.4, 0.5) is 4.79 Å². The predicted octanol–water partition coefficient (Wildman–Crippen LogP) is 17.2. The Morgan fingerprint density at radius 3 is 1.76 bits per heavy atom. The summed E-state index contributed by atoms with van der Waals surface area (Å²) in [7, 11) is 0. The van der Waals surface area contributed by atoms with Crippen molar-refractivity contribution in [2.75, 3.05) is 13.2 Å². The van der Waals surface area contributed by atoms with E-state index in [-0.39, 0.29) is 35.7 Å². The van der Waals surface area contributed by atoms with Crippen molar-refractivity contribution in [1.29, 1.82) is 10.5 Å².